The molecule has 1 atom stereocenters. The van der Waals surface area contributed by atoms with Gasteiger partial charge in [-0.1, -0.05) is 41.4 Å². The lowest BCUT2D eigenvalue weighted by Crippen LogP contribution is -2.35. The maximum Gasteiger partial charge on any atom is 0.256 e. The summed E-state index contributed by atoms with van der Waals surface area (Å²) in [6, 6.07) is 9.62. The highest BCUT2D eigenvalue weighted by Crippen LogP contribution is 2.35. The van der Waals surface area contributed by atoms with Crippen molar-refractivity contribution in [3.05, 3.63) is 58.1 Å². The first-order chi connectivity index (χ1) is 11.9. The Hall–Kier alpha value is -2.57. The van der Waals surface area contributed by atoms with Gasteiger partial charge in [-0.05, 0) is 29.8 Å². The summed E-state index contributed by atoms with van der Waals surface area (Å²) in [6.45, 7) is 0. The predicted octanol–water partition coefficient (Wildman–Crippen LogP) is 2.10. The van der Waals surface area contributed by atoms with Crippen LogP contribution in [0.2, 0.25) is 10.0 Å². The van der Waals surface area contributed by atoms with E-state index in [-0.39, 0.29) is 27.7 Å². The Bertz CT molecular complexity index is 867. The number of carboxylic acids is 1. The number of anilines is 2. The molecular weight excluding hydrogens is 367 g/mol. The summed E-state index contributed by atoms with van der Waals surface area (Å²) in [6.07, 6.45) is -0.0517. The van der Waals surface area contributed by atoms with Crippen LogP contribution in [0.1, 0.15) is 16.8 Å². The topological polar surface area (TPSA) is 89.5 Å². The monoisotopic (exact) mass is 377 g/mol. The number of halogens is 2. The van der Waals surface area contributed by atoms with E-state index in [9.17, 15) is 19.5 Å². The number of carbonyl (C=O) groups excluding carboxylic acids is 3. The third-order valence-electron chi connectivity index (χ3n) is 3.78. The molecule has 1 fully saturated rings. The first-order valence-corrected chi connectivity index (χ1v) is 8.03. The number of imide groups is 1. The van der Waals surface area contributed by atoms with E-state index in [0.717, 1.165) is 4.90 Å². The number of carbonyl (C=O) groups is 3. The van der Waals surface area contributed by atoms with Gasteiger partial charge in [-0.2, -0.15) is 0 Å². The van der Waals surface area contributed by atoms with Gasteiger partial charge in [-0.15, -0.1) is 0 Å². The van der Waals surface area contributed by atoms with Crippen LogP contribution in [0, 0.1) is 0 Å². The maximum atomic E-state index is 12.6. The Labute approximate surface area is 153 Å². The summed E-state index contributed by atoms with van der Waals surface area (Å²) in [5, 5.41) is 14.0. The summed E-state index contributed by atoms with van der Waals surface area (Å²) in [5.74, 6) is -2.16. The van der Waals surface area contributed by atoms with Gasteiger partial charge in [0.2, 0.25) is 5.91 Å². The second kappa shape index (κ2) is 6.74. The van der Waals surface area contributed by atoms with Crippen LogP contribution >= 0.6 is 23.2 Å². The number of aromatic carboxylic acids is 1. The Balaban J connectivity index is 1.81. The molecule has 0 spiro atoms. The van der Waals surface area contributed by atoms with Crippen LogP contribution in [0.15, 0.2) is 42.5 Å². The van der Waals surface area contributed by atoms with Crippen LogP contribution in [0.5, 0.6) is 0 Å². The quantitative estimate of drug-likeness (QED) is 0.824. The molecule has 2 aromatic carbocycles. The van der Waals surface area contributed by atoms with Crippen molar-refractivity contribution in [2.45, 2.75) is 12.5 Å². The van der Waals surface area contributed by atoms with Crippen molar-refractivity contribution in [2.24, 2.45) is 0 Å². The molecule has 25 heavy (non-hydrogen) atoms. The molecule has 6 nitrogen and oxygen atoms in total. The van der Waals surface area contributed by atoms with Crippen molar-refractivity contribution in [1.29, 1.82) is 0 Å². The van der Waals surface area contributed by atoms with Gasteiger partial charge in [0.25, 0.3) is 5.91 Å². The number of hydrogen-bond acceptors (Lipinski definition) is 5. The molecule has 3 rings (SSSR count). The number of carboxylic acid groups (broad SMARTS) is 1. The third-order valence-corrected chi connectivity index (χ3v) is 4.59. The SMILES string of the molecule is O=C([O-])c1ccc(N[C@H]2CC(=O)N(c3cccc(Cl)c3Cl)C2=O)cc1. The minimum Gasteiger partial charge on any atom is -0.545 e. The van der Waals surface area contributed by atoms with Crippen LogP contribution in [0.4, 0.5) is 11.4 Å². The van der Waals surface area contributed by atoms with Crippen molar-refractivity contribution in [2.75, 3.05) is 10.2 Å². The number of nitrogens with zero attached hydrogens (tertiary/aromatic N) is 1. The Morgan fingerprint density at radius 1 is 1.12 bits per heavy atom. The van der Waals surface area contributed by atoms with E-state index in [1.807, 2.05) is 0 Å². The minimum absolute atomic E-state index is 0.0201. The maximum absolute atomic E-state index is 12.6. The fourth-order valence-corrected chi connectivity index (χ4v) is 2.95. The average molecular weight is 378 g/mol. The van der Waals surface area contributed by atoms with E-state index in [1.54, 1.807) is 18.2 Å². The van der Waals surface area contributed by atoms with Crippen molar-refractivity contribution < 1.29 is 19.5 Å². The molecule has 1 N–H and O–H groups in total. The second-order valence-corrected chi connectivity index (χ2v) is 6.19. The fourth-order valence-electron chi connectivity index (χ4n) is 2.57. The summed E-state index contributed by atoms with van der Waals surface area (Å²) < 4.78 is 0. The van der Waals surface area contributed by atoms with Gasteiger partial charge >= 0.3 is 0 Å². The van der Waals surface area contributed by atoms with E-state index in [0.29, 0.717) is 5.69 Å². The van der Waals surface area contributed by atoms with Crippen LogP contribution in [-0.4, -0.2) is 23.8 Å². The zero-order valence-electron chi connectivity index (χ0n) is 12.7. The van der Waals surface area contributed by atoms with Gasteiger partial charge in [0.15, 0.2) is 0 Å². The molecule has 0 saturated carbocycles. The van der Waals surface area contributed by atoms with Gasteiger partial charge in [0, 0.05) is 5.69 Å². The zero-order chi connectivity index (χ0) is 18.1. The zero-order valence-corrected chi connectivity index (χ0v) is 14.2. The van der Waals surface area contributed by atoms with Crippen LogP contribution in [-0.2, 0) is 9.59 Å². The molecule has 0 aliphatic carbocycles. The first-order valence-electron chi connectivity index (χ1n) is 7.27. The summed E-state index contributed by atoms with van der Waals surface area (Å²) in [4.78, 5) is 36.6. The van der Waals surface area contributed by atoms with Gasteiger partial charge in [0.05, 0.1) is 28.1 Å². The van der Waals surface area contributed by atoms with Gasteiger partial charge in [-0.25, -0.2) is 4.90 Å². The Morgan fingerprint density at radius 2 is 1.80 bits per heavy atom. The van der Waals surface area contributed by atoms with Crippen LogP contribution in [0.25, 0.3) is 0 Å². The number of nitrogens with one attached hydrogen (secondary N) is 1. The van der Waals surface area contributed by atoms with Gasteiger partial charge in [-0.3, -0.25) is 9.59 Å². The largest absolute Gasteiger partial charge is 0.545 e. The standard InChI is InChI=1S/C17H12Cl2N2O4/c18-11-2-1-3-13(15(11)19)21-14(22)8-12(16(21)23)20-10-6-4-9(5-7-10)17(24)25/h1-7,12,20H,8H2,(H,24,25)/p-1/t12-/m0/s1. The lowest BCUT2D eigenvalue weighted by molar-refractivity contribution is -0.255. The van der Waals surface area contributed by atoms with Crippen LogP contribution < -0.4 is 15.3 Å². The Kier molecular flexibility index (Phi) is 4.65. The molecule has 0 aromatic heterocycles. The number of rotatable bonds is 4. The van der Waals surface area contributed by atoms with E-state index in [4.69, 9.17) is 23.2 Å². The van der Waals surface area contributed by atoms with E-state index >= 15 is 0 Å². The molecule has 1 aliphatic heterocycles. The summed E-state index contributed by atoms with van der Waals surface area (Å²) in [7, 11) is 0. The minimum atomic E-state index is -1.29. The lowest BCUT2D eigenvalue weighted by Gasteiger charge is -2.18. The second-order valence-electron chi connectivity index (χ2n) is 5.41. The number of amides is 2. The number of benzene rings is 2. The van der Waals surface area contributed by atoms with Crippen molar-refractivity contribution >= 4 is 52.4 Å². The highest BCUT2D eigenvalue weighted by molar-refractivity contribution is 6.45. The first kappa shape index (κ1) is 17.3. The summed E-state index contributed by atoms with van der Waals surface area (Å²) >= 11 is 12.0. The molecule has 1 heterocycles. The lowest BCUT2D eigenvalue weighted by atomic mass is 10.2. The van der Waals surface area contributed by atoms with Crippen molar-refractivity contribution in [1.82, 2.24) is 0 Å². The summed E-state index contributed by atoms with van der Waals surface area (Å²) in [5.41, 5.74) is 0.766. The molecule has 2 amide bonds. The fraction of sp³-hybridized carbons (Fsp3) is 0.118. The molecular formula is C17H11Cl2N2O4-. The third kappa shape index (κ3) is 3.31. The van der Waals surface area contributed by atoms with Gasteiger partial charge < -0.3 is 15.2 Å². The van der Waals surface area contributed by atoms with Gasteiger partial charge in [0.1, 0.15) is 6.04 Å². The molecule has 128 valence electrons. The molecule has 8 heteroatoms. The Morgan fingerprint density at radius 3 is 2.44 bits per heavy atom. The van der Waals surface area contributed by atoms with Crippen molar-refractivity contribution in [3.8, 4) is 0 Å². The predicted molar refractivity (Wildman–Crippen MR) is 91.8 cm³/mol. The molecule has 0 unspecified atom stereocenters. The molecule has 1 saturated heterocycles. The smallest absolute Gasteiger partial charge is 0.256 e. The highest BCUT2D eigenvalue weighted by Gasteiger charge is 2.40. The van der Waals surface area contributed by atoms with E-state index in [2.05, 4.69) is 5.32 Å². The number of hydrogen-bond donors (Lipinski definition) is 1. The normalized spacial score (nSPS) is 17.0. The van der Waals surface area contributed by atoms with Crippen LogP contribution in [0.3, 0.4) is 0 Å². The molecule has 1 aliphatic rings. The molecule has 2 aromatic rings. The highest BCUT2D eigenvalue weighted by atomic mass is 35.5. The van der Waals surface area contributed by atoms with E-state index in [1.165, 1.54) is 24.3 Å². The molecule has 0 bridgehead atoms. The molecule has 0 radical (unpaired) electrons. The van der Waals surface area contributed by atoms with Crippen molar-refractivity contribution in [3.63, 3.8) is 0 Å². The van der Waals surface area contributed by atoms with E-state index < -0.39 is 23.8 Å². The average Bonchev–Trinajstić information content (AvgIpc) is 2.85.